The molecule has 2 heterocycles. The summed E-state index contributed by atoms with van der Waals surface area (Å²) in [7, 11) is 3.40. The molecule has 0 spiro atoms. The summed E-state index contributed by atoms with van der Waals surface area (Å²) >= 11 is 0. The van der Waals surface area contributed by atoms with Crippen molar-refractivity contribution in [2.24, 2.45) is 0 Å². The van der Waals surface area contributed by atoms with Crippen LogP contribution >= 0.6 is 0 Å². The highest BCUT2D eigenvalue weighted by molar-refractivity contribution is 5.98. The molecule has 178 valence electrons. The number of likely N-dealkylation sites (tertiary alicyclic amines) is 1. The zero-order valence-corrected chi connectivity index (χ0v) is 20.5. The number of carbonyl (C=O) groups is 1. The predicted octanol–water partition coefficient (Wildman–Crippen LogP) is 5.49. The van der Waals surface area contributed by atoms with E-state index in [1.165, 1.54) is 5.56 Å². The van der Waals surface area contributed by atoms with Gasteiger partial charge in [0.1, 0.15) is 5.75 Å². The molecular formula is C28H33N3O3. The topological polar surface area (TPSA) is 56.6 Å². The molecule has 1 aromatic heterocycles. The maximum Gasteiger partial charge on any atom is 0.250 e. The number of amides is 1. The second kappa shape index (κ2) is 10.7. The first-order valence-corrected chi connectivity index (χ1v) is 11.8. The maximum atomic E-state index is 13.2. The van der Waals surface area contributed by atoms with Crippen molar-refractivity contribution in [1.29, 1.82) is 0 Å². The number of aryl methyl sites for hydroxylation is 1. The van der Waals surface area contributed by atoms with Crippen LogP contribution in [0, 0.1) is 6.92 Å². The SMILES string of the molecule is CCC(OC)c1ccc(CN2CCC/C(=C\c3ccc(-n4cnc(C)c4)c(OC)c3)C2=O)cc1. The minimum absolute atomic E-state index is 0.104. The minimum atomic E-state index is 0.104. The number of carbonyl (C=O) groups excluding carboxylic acids is 1. The van der Waals surface area contributed by atoms with Gasteiger partial charge in [-0.25, -0.2) is 4.98 Å². The van der Waals surface area contributed by atoms with E-state index >= 15 is 0 Å². The van der Waals surface area contributed by atoms with Crippen molar-refractivity contribution in [3.63, 3.8) is 0 Å². The van der Waals surface area contributed by atoms with Gasteiger partial charge >= 0.3 is 0 Å². The Labute approximate surface area is 201 Å². The molecule has 0 radical (unpaired) electrons. The van der Waals surface area contributed by atoms with Gasteiger partial charge in [-0.3, -0.25) is 4.79 Å². The van der Waals surface area contributed by atoms with Crippen LogP contribution in [0.15, 0.2) is 60.6 Å². The van der Waals surface area contributed by atoms with Crippen molar-refractivity contribution < 1.29 is 14.3 Å². The highest BCUT2D eigenvalue weighted by Gasteiger charge is 2.23. The Morgan fingerprint density at radius 3 is 2.59 bits per heavy atom. The van der Waals surface area contributed by atoms with Gasteiger partial charge in [0.05, 0.1) is 30.9 Å². The monoisotopic (exact) mass is 459 g/mol. The standard InChI is InChI=1S/C28H33N3O3/c1-5-26(33-3)23-11-8-21(9-12-23)18-30-14-6-7-24(28(30)32)15-22-10-13-25(27(16-22)34-4)31-17-20(2)29-19-31/h8-13,15-17,19,26H,5-7,14,18H2,1-4H3/b24-15+. The van der Waals surface area contributed by atoms with Gasteiger partial charge in [0, 0.05) is 32.0 Å². The second-order valence-corrected chi connectivity index (χ2v) is 8.73. The first-order chi connectivity index (χ1) is 16.5. The van der Waals surface area contributed by atoms with Crippen LogP contribution in [-0.4, -0.2) is 41.1 Å². The summed E-state index contributed by atoms with van der Waals surface area (Å²) in [5, 5.41) is 0. The number of piperidine rings is 1. The summed E-state index contributed by atoms with van der Waals surface area (Å²) < 4.78 is 13.1. The van der Waals surface area contributed by atoms with E-state index in [9.17, 15) is 4.79 Å². The van der Waals surface area contributed by atoms with Crippen LogP contribution in [0.4, 0.5) is 0 Å². The fraction of sp³-hybridized carbons (Fsp3) is 0.357. The zero-order valence-electron chi connectivity index (χ0n) is 20.5. The molecule has 6 nitrogen and oxygen atoms in total. The smallest absolute Gasteiger partial charge is 0.250 e. The molecule has 1 unspecified atom stereocenters. The third-order valence-electron chi connectivity index (χ3n) is 6.35. The minimum Gasteiger partial charge on any atom is -0.495 e. The van der Waals surface area contributed by atoms with Gasteiger partial charge in [-0.2, -0.15) is 0 Å². The van der Waals surface area contributed by atoms with E-state index < -0.39 is 0 Å². The van der Waals surface area contributed by atoms with E-state index in [4.69, 9.17) is 9.47 Å². The van der Waals surface area contributed by atoms with Crippen LogP contribution in [-0.2, 0) is 16.1 Å². The van der Waals surface area contributed by atoms with Crippen LogP contribution in [0.25, 0.3) is 11.8 Å². The summed E-state index contributed by atoms with van der Waals surface area (Å²) in [5.74, 6) is 0.848. The Bertz CT molecular complexity index is 1160. The molecule has 1 saturated heterocycles. The van der Waals surface area contributed by atoms with Gasteiger partial charge in [-0.15, -0.1) is 0 Å². The van der Waals surface area contributed by atoms with E-state index in [1.54, 1.807) is 20.5 Å². The largest absolute Gasteiger partial charge is 0.495 e. The van der Waals surface area contributed by atoms with E-state index in [2.05, 4.69) is 36.2 Å². The molecule has 1 fully saturated rings. The Morgan fingerprint density at radius 2 is 1.94 bits per heavy atom. The van der Waals surface area contributed by atoms with Gasteiger partial charge in [0.25, 0.3) is 0 Å². The van der Waals surface area contributed by atoms with Gasteiger partial charge in [-0.1, -0.05) is 37.3 Å². The first-order valence-electron chi connectivity index (χ1n) is 11.8. The van der Waals surface area contributed by atoms with Crippen molar-refractivity contribution in [3.8, 4) is 11.4 Å². The molecule has 4 rings (SSSR count). The van der Waals surface area contributed by atoms with Crippen molar-refractivity contribution >= 4 is 12.0 Å². The predicted molar refractivity (Wildman–Crippen MR) is 134 cm³/mol. The molecule has 6 heteroatoms. The molecule has 1 atom stereocenters. The quantitative estimate of drug-likeness (QED) is 0.418. The van der Waals surface area contributed by atoms with E-state index in [-0.39, 0.29) is 12.0 Å². The fourth-order valence-corrected chi connectivity index (χ4v) is 4.50. The van der Waals surface area contributed by atoms with E-state index in [0.29, 0.717) is 6.54 Å². The van der Waals surface area contributed by atoms with Gasteiger partial charge in [0.2, 0.25) is 5.91 Å². The maximum absolute atomic E-state index is 13.2. The number of ether oxygens (including phenoxy) is 2. The van der Waals surface area contributed by atoms with Crippen molar-refractivity contribution in [1.82, 2.24) is 14.5 Å². The summed E-state index contributed by atoms with van der Waals surface area (Å²) in [6, 6.07) is 14.4. The molecule has 1 aliphatic heterocycles. The Morgan fingerprint density at radius 1 is 1.15 bits per heavy atom. The number of aromatic nitrogens is 2. The molecule has 3 aromatic rings. The molecule has 1 aliphatic rings. The molecule has 0 saturated carbocycles. The fourth-order valence-electron chi connectivity index (χ4n) is 4.50. The summed E-state index contributed by atoms with van der Waals surface area (Å²) in [5.41, 5.74) is 5.95. The highest BCUT2D eigenvalue weighted by atomic mass is 16.5. The Kier molecular flexibility index (Phi) is 7.48. The Hall–Kier alpha value is -3.38. The van der Waals surface area contributed by atoms with E-state index in [1.807, 2.05) is 46.9 Å². The number of imidazole rings is 1. The van der Waals surface area contributed by atoms with Gasteiger partial charge in [-0.05, 0) is 61.1 Å². The average molecular weight is 460 g/mol. The molecular weight excluding hydrogens is 426 g/mol. The van der Waals surface area contributed by atoms with Crippen LogP contribution in [0.1, 0.15) is 54.7 Å². The summed E-state index contributed by atoms with van der Waals surface area (Å²) in [4.78, 5) is 19.5. The lowest BCUT2D eigenvalue weighted by molar-refractivity contribution is -0.129. The number of hydrogen-bond donors (Lipinski definition) is 0. The number of benzene rings is 2. The van der Waals surface area contributed by atoms with Crippen LogP contribution in [0.2, 0.25) is 0 Å². The zero-order chi connectivity index (χ0) is 24.1. The lowest BCUT2D eigenvalue weighted by Gasteiger charge is -2.29. The van der Waals surface area contributed by atoms with Crippen molar-refractivity contribution in [3.05, 3.63) is 82.9 Å². The molecule has 0 N–H and O–H groups in total. The average Bonchev–Trinajstić information content (AvgIpc) is 3.29. The lowest BCUT2D eigenvalue weighted by Crippen LogP contribution is -2.36. The first kappa shape index (κ1) is 23.8. The highest BCUT2D eigenvalue weighted by Crippen LogP contribution is 2.28. The van der Waals surface area contributed by atoms with Gasteiger partial charge < -0.3 is 18.9 Å². The molecule has 34 heavy (non-hydrogen) atoms. The Balaban J connectivity index is 1.50. The van der Waals surface area contributed by atoms with Crippen LogP contribution < -0.4 is 4.74 Å². The molecule has 1 amide bonds. The van der Waals surface area contributed by atoms with Gasteiger partial charge in [0.15, 0.2) is 0 Å². The number of rotatable bonds is 8. The molecule has 0 bridgehead atoms. The van der Waals surface area contributed by atoms with Crippen molar-refractivity contribution in [2.75, 3.05) is 20.8 Å². The second-order valence-electron chi connectivity index (χ2n) is 8.73. The third kappa shape index (κ3) is 5.23. The lowest BCUT2D eigenvalue weighted by atomic mass is 9.99. The third-order valence-corrected chi connectivity index (χ3v) is 6.35. The summed E-state index contributed by atoms with van der Waals surface area (Å²) in [6.45, 7) is 5.46. The normalized spacial score (nSPS) is 16.2. The van der Waals surface area contributed by atoms with E-state index in [0.717, 1.165) is 59.6 Å². The number of nitrogens with zero attached hydrogens (tertiary/aromatic N) is 3. The molecule has 0 aliphatic carbocycles. The van der Waals surface area contributed by atoms with Crippen molar-refractivity contribution in [2.45, 2.75) is 45.8 Å². The summed E-state index contributed by atoms with van der Waals surface area (Å²) in [6.07, 6.45) is 8.52. The van der Waals surface area contributed by atoms with Crippen LogP contribution in [0.3, 0.4) is 0 Å². The number of methoxy groups -OCH3 is 2. The number of hydrogen-bond acceptors (Lipinski definition) is 4. The van der Waals surface area contributed by atoms with Crippen LogP contribution in [0.5, 0.6) is 5.75 Å². The molecule has 2 aromatic carbocycles.